The van der Waals surface area contributed by atoms with Crippen LogP contribution in [0.25, 0.3) is 0 Å². The summed E-state index contributed by atoms with van der Waals surface area (Å²) in [6.45, 7) is 0.773. The Bertz CT molecular complexity index is 160. The molecule has 0 aliphatic heterocycles. The molecule has 0 heterocycles. The fourth-order valence-corrected chi connectivity index (χ4v) is 1.07. The predicted molar refractivity (Wildman–Crippen MR) is 54.8 cm³/mol. The average Bonchev–Trinajstić information content (AvgIpc) is 1.82. The number of rotatable bonds is 4. The number of quaternary nitrogens is 1. The predicted octanol–water partition coefficient (Wildman–Crippen LogP) is -2.99. The van der Waals surface area contributed by atoms with Crippen LogP contribution < -0.4 is 18.1 Å². The number of ether oxygens (including phenoxy) is 1. The molecule has 0 aromatic heterocycles. The molecule has 0 aliphatic rings. The minimum atomic E-state index is -0.240. The van der Waals surface area contributed by atoms with Crippen LogP contribution in [0.2, 0.25) is 0 Å². The Kier molecular flexibility index (Phi) is 11.6. The molecule has 0 rings (SSSR count). The number of carbonyl (C=O) groups excluding carboxylic acids is 1. The van der Waals surface area contributed by atoms with Crippen LogP contribution in [0.4, 0.5) is 0 Å². The number of likely N-dealkylation sites (N-methyl/N-ethyl adjacent to an activating group) is 1. The molecule has 0 unspecified atom stereocenters. The molecule has 0 fully saturated rings. The zero-order valence-corrected chi connectivity index (χ0v) is 10.7. The van der Waals surface area contributed by atoms with Gasteiger partial charge in [0.2, 0.25) is 0 Å². The van der Waals surface area contributed by atoms with Crippen molar-refractivity contribution in [1.82, 2.24) is 0 Å². The Morgan fingerprint density at radius 1 is 1.43 bits per heavy atom. The first kappa shape index (κ1) is 19.5. The quantitative estimate of drug-likeness (QED) is 0.426. The highest BCUT2D eigenvalue weighted by atomic mass is 35.5. The summed E-state index contributed by atoms with van der Waals surface area (Å²) >= 11 is 0. The van der Waals surface area contributed by atoms with Crippen LogP contribution in [0.15, 0.2) is 0 Å². The Hall–Kier alpha value is -0.0300. The number of hydrogen-bond acceptors (Lipinski definition) is 3. The first-order chi connectivity index (χ1) is 5.35. The van der Waals surface area contributed by atoms with Crippen molar-refractivity contribution in [3.05, 3.63) is 0 Å². The highest BCUT2D eigenvalue weighted by Crippen LogP contribution is 1.97. The van der Waals surface area contributed by atoms with E-state index in [1.165, 1.54) is 7.11 Å². The summed E-state index contributed by atoms with van der Waals surface area (Å²) in [4.78, 5) is 10.8. The Morgan fingerprint density at radius 2 is 1.86 bits per heavy atom. The third-order valence-electron chi connectivity index (χ3n) is 1.44. The van der Waals surface area contributed by atoms with Crippen LogP contribution in [0.5, 0.6) is 0 Å². The summed E-state index contributed by atoms with van der Waals surface area (Å²) < 4.78 is 5.27. The van der Waals surface area contributed by atoms with Crippen molar-refractivity contribution in [2.45, 2.75) is 12.5 Å². The summed E-state index contributed by atoms with van der Waals surface area (Å²) in [5, 5.41) is 0. The van der Waals surface area contributed by atoms with Crippen molar-refractivity contribution in [3.8, 4) is 0 Å². The van der Waals surface area contributed by atoms with Crippen molar-refractivity contribution in [1.29, 1.82) is 0 Å². The number of carbonyl (C=O) groups is 1. The molecule has 4 nitrogen and oxygen atoms in total. The molecule has 6 heteroatoms. The smallest absolute Gasteiger partial charge is 0.307 e. The molecular formula is C8H20Cl2N2O2. The molecule has 0 amide bonds. The van der Waals surface area contributed by atoms with E-state index in [0.29, 0.717) is 6.42 Å². The van der Waals surface area contributed by atoms with Gasteiger partial charge < -0.3 is 27.4 Å². The van der Waals surface area contributed by atoms with E-state index in [-0.39, 0.29) is 36.8 Å². The number of nitrogens with zero attached hydrogens (tertiary/aromatic N) is 1. The maximum atomic E-state index is 10.8. The Balaban J connectivity index is -0.000000605. The SMILES string of the molecule is COC(=O)C[C@@H](N)C[N+](C)(C)C.Cl.[Cl-]. The largest absolute Gasteiger partial charge is 1.00 e. The summed E-state index contributed by atoms with van der Waals surface area (Å²) in [7, 11) is 7.49. The van der Waals surface area contributed by atoms with Crippen molar-refractivity contribution in [2.75, 3.05) is 34.8 Å². The van der Waals surface area contributed by atoms with Gasteiger partial charge in [0.15, 0.2) is 0 Å². The second-order valence-electron chi connectivity index (χ2n) is 4.01. The van der Waals surface area contributed by atoms with E-state index < -0.39 is 0 Å². The van der Waals surface area contributed by atoms with Gasteiger partial charge in [0.1, 0.15) is 0 Å². The molecule has 88 valence electrons. The van der Waals surface area contributed by atoms with Gasteiger partial charge in [-0.15, -0.1) is 12.4 Å². The van der Waals surface area contributed by atoms with Crippen LogP contribution in [0.1, 0.15) is 6.42 Å². The van der Waals surface area contributed by atoms with Gasteiger partial charge in [0.25, 0.3) is 0 Å². The van der Waals surface area contributed by atoms with E-state index in [0.717, 1.165) is 11.0 Å². The van der Waals surface area contributed by atoms with Crippen LogP contribution in [-0.2, 0) is 9.53 Å². The zero-order chi connectivity index (χ0) is 9.78. The van der Waals surface area contributed by atoms with Crippen LogP contribution in [0.3, 0.4) is 0 Å². The fraction of sp³-hybridized carbons (Fsp3) is 0.875. The highest BCUT2D eigenvalue weighted by molar-refractivity contribution is 5.85. The van der Waals surface area contributed by atoms with Gasteiger partial charge >= 0.3 is 5.97 Å². The molecule has 0 spiro atoms. The fourth-order valence-electron chi connectivity index (χ4n) is 1.07. The summed E-state index contributed by atoms with van der Waals surface area (Å²) in [5.41, 5.74) is 5.72. The van der Waals surface area contributed by atoms with E-state index >= 15 is 0 Å². The topological polar surface area (TPSA) is 52.3 Å². The summed E-state index contributed by atoms with van der Waals surface area (Å²) in [6, 6.07) is -0.113. The minimum Gasteiger partial charge on any atom is -1.00 e. The lowest BCUT2D eigenvalue weighted by molar-refractivity contribution is -0.871. The second-order valence-corrected chi connectivity index (χ2v) is 4.01. The molecule has 1 atom stereocenters. The molecule has 0 aliphatic carbocycles. The Labute approximate surface area is 98.2 Å². The lowest BCUT2D eigenvalue weighted by Crippen LogP contribution is -3.00. The van der Waals surface area contributed by atoms with Crippen molar-refractivity contribution in [3.63, 3.8) is 0 Å². The number of hydrogen-bond donors (Lipinski definition) is 1. The first-order valence-corrected chi connectivity index (χ1v) is 3.98. The zero-order valence-electron chi connectivity index (χ0n) is 9.12. The molecule has 2 N–H and O–H groups in total. The van der Waals surface area contributed by atoms with E-state index in [2.05, 4.69) is 4.74 Å². The minimum absolute atomic E-state index is 0. The Morgan fingerprint density at radius 3 is 2.14 bits per heavy atom. The monoisotopic (exact) mass is 246 g/mol. The average molecular weight is 247 g/mol. The molecule has 0 saturated heterocycles. The van der Waals surface area contributed by atoms with E-state index in [1.54, 1.807) is 0 Å². The van der Waals surface area contributed by atoms with Crippen LogP contribution in [0, 0.1) is 0 Å². The first-order valence-electron chi connectivity index (χ1n) is 3.98. The van der Waals surface area contributed by atoms with E-state index in [9.17, 15) is 4.79 Å². The lowest BCUT2D eigenvalue weighted by atomic mass is 10.2. The second kappa shape index (κ2) is 8.29. The summed E-state index contributed by atoms with van der Waals surface area (Å²) in [5.74, 6) is -0.240. The van der Waals surface area contributed by atoms with Gasteiger partial charge in [-0.25, -0.2) is 0 Å². The van der Waals surface area contributed by atoms with Crippen molar-refractivity contribution in [2.24, 2.45) is 5.73 Å². The molecule has 0 radical (unpaired) electrons. The molecule has 0 saturated carbocycles. The maximum Gasteiger partial charge on any atom is 0.307 e. The van der Waals surface area contributed by atoms with E-state index in [1.807, 2.05) is 21.1 Å². The van der Waals surface area contributed by atoms with E-state index in [4.69, 9.17) is 5.73 Å². The number of methoxy groups -OCH3 is 1. The van der Waals surface area contributed by atoms with Gasteiger partial charge in [-0.2, -0.15) is 0 Å². The van der Waals surface area contributed by atoms with Gasteiger partial charge in [0.05, 0.1) is 47.3 Å². The molecular weight excluding hydrogens is 227 g/mol. The standard InChI is InChI=1S/C8H19N2O2.2ClH/c1-10(2,3)6-7(9)5-8(11)12-4;;/h7H,5-6,9H2,1-4H3;2*1H/q+1;;/p-1/t7-;;/m1../s1. The third-order valence-corrected chi connectivity index (χ3v) is 1.44. The van der Waals surface area contributed by atoms with Gasteiger partial charge in [-0.1, -0.05) is 0 Å². The number of nitrogens with two attached hydrogens (primary N) is 1. The van der Waals surface area contributed by atoms with Gasteiger partial charge in [0, 0.05) is 0 Å². The molecule has 0 aromatic rings. The lowest BCUT2D eigenvalue weighted by Gasteiger charge is -2.26. The molecule has 14 heavy (non-hydrogen) atoms. The maximum absolute atomic E-state index is 10.8. The van der Waals surface area contributed by atoms with Gasteiger partial charge in [-0.05, 0) is 0 Å². The highest BCUT2D eigenvalue weighted by Gasteiger charge is 2.17. The van der Waals surface area contributed by atoms with Gasteiger partial charge in [-0.3, -0.25) is 4.79 Å². The van der Waals surface area contributed by atoms with Crippen LogP contribution in [-0.4, -0.2) is 51.3 Å². The van der Waals surface area contributed by atoms with Crippen molar-refractivity contribution < 1.29 is 26.4 Å². The third kappa shape index (κ3) is 12.0. The molecule has 0 aromatic carbocycles. The normalized spacial score (nSPS) is 12.1. The number of halogens is 2. The van der Waals surface area contributed by atoms with Crippen molar-refractivity contribution >= 4 is 18.4 Å². The number of esters is 1. The molecule has 0 bridgehead atoms. The summed E-state index contributed by atoms with van der Waals surface area (Å²) in [6.07, 6.45) is 0.298. The van der Waals surface area contributed by atoms with Crippen LogP contribution >= 0.6 is 12.4 Å².